The Morgan fingerprint density at radius 2 is 2.09 bits per heavy atom. The van der Waals surface area contributed by atoms with Gasteiger partial charge in [-0.3, -0.25) is 4.79 Å². The van der Waals surface area contributed by atoms with Gasteiger partial charge >= 0.3 is 0 Å². The van der Waals surface area contributed by atoms with E-state index in [4.69, 9.17) is 4.74 Å². The molecule has 1 saturated carbocycles. The third-order valence-corrected chi connectivity index (χ3v) is 4.77. The Hall–Kier alpha value is -1.55. The van der Waals surface area contributed by atoms with Gasteiger partial charge in [-0.2, -0.15) is 0 Å². The molecule has 4 heteroatoms. The van der Waals surface area contributed by atoms with Gasteiger partial charge in [-0.15, -0.1) is 0 Å². The van der Waals surface area contributed by atoms with Crippen LogP contribution in [0.4, 0.5) is 0 Å². The summed E-state index contributed by atoms with van der Waals surface area (Å²) in [5, 5.41) is 6.70. The van der Waals surface area contributed by atoms with Crippen LogP contribution in [0.3, 0.4) is 0 Å². The van der Waals surface area contributed by atoms with Crippen LogP contribution in [0.15, 0.2) is 24.3 Å². The number of amides is 1. The van der Waals surface area contributed by atoms with Crippen molar-refractivity contribution in [2.24, 2.45) is 5.92 Å². The zero-order valence-corrected chi connectivity index (χ0v) is 13.3. The average Bonchev–Trinajstić information content (AvgIpc) is 3.26. The molecule has 0 bridgehead atoms. The predicted octanol–water partition coefficient (Wildman–Crippen LogP) is 2.79. The minimum Gasteiger partial charge on any atom is -0.497 e. The minimum atomic E-state index is 0.162. The van der Waals surface area contributed by atoms with E-state index in [2.05, 4.69) is 22.8 Å². The number of hydrogen-bond donors (Lipinski definition) is 2. The van der Waals surface area contributed by atoms with Gasteiger partial charge in [-0.05, 0) is 62.3 Å². The molecule has 1 saturated heterocycles. The fourth-order valence-electron chi connectivity index (χ4n) is 3.27. The second kappa shape index (κ2) is 7.14. The Morgan fingerprint density at radius 3 is 2.68 bits per heavy atom. The molecule has 1 aromatic rings. The van der Waals surface area contributed by atoms with E-state index >= 15 is 0 Å². The number of carbonyl (C=O) groups is 1. The molecule has 2 aliphatic rings. The number of hydrogen-bond acceptors (Lipinski definition) is 3. The second-order valence-electron chi connectivity index (χ2n) is 6.49. The van der Waals surface area contributed by atoms with E-state index in [1.807, 2.05) is 12.1 Å². The van der Waals surface area contributed by atoms with E-state index in [0.29, 0.717) is 18.4 Å². The van der Waals surface area contributed by atoms with Crippen molar-refractivity contribution >= 4 is 5.91 Å². The first-order valence-corrected chi connectivity index (χ1v) is 8.43. The lowest BCUT2D eigenvalue weighted by molar-refractivity contribution is -0.122. The van der Waals surface area contributed by atoms with Crippen molar-refractivity contribution in [2.45, 2.75) is 50.6 Å². The van der Waals surface area contributed by atoms with Crippen LogP contribution >= 0.6 is 0 Å². The maximum atomic E-state index is 12.3. The topological polar surface area (TPSA) is 50.4 Å². The van der Waals surface area contributed by atoms with Gasteiger partial charge < -0.3 is 15.4 Å². The first-order valence-electron chi connectivity index (χ1n) is 8.43. The normalized spacial score (nSPS) is 22.3. The molecular weight excluding hydrogens is 276 g/mol. The molecule has 1 heterocycles. The Bertz CT molecular complexity index is 490. The van der Waals surface area contributed by atoms with Crippen LogP contribution in [-0.2, 0) is 4.79 Å². The standard InChI is InChI=1S/C18H26N2O2/c1-22-16-9-6-14(7-10-16)18(13-4-5-13)20-17(21)11-8-15-3-2-12-19-15/h6-7,9-10,13,15,18-19H,2-5,8,11-12H2,1H3,(H,20,21). The van der Waals surface area contributed by atoms with Crippen LogP contribution in [0.25, 0.3) is 0 Å². The van der Waals surface area contributed by atoms with Crippen LogP contribution in [0, 0.1) is 5.92 Å². The van der Waals surface area contributed by atoms with Crippen molar-refractivity contribution in [1.82, 2.24) is 10.6 Å². The number of methoxy groups -OCH3 is 1. The lowest BCUT2D eigenvalue weighted by Gasteiger charge is -2.20. The quantitative estimate of drug-likeness (QED) is 0.814. The molecular formula is C18H26N2O2. The van der Waals surface area contributed by atoms with Gasteiger partial charge in [0.1, 0.15) is 5.75 Å². The summed E-state index contributed by atoms with van der Waals surface area (Å²) in [6, 6.07) is 8.78. The molecule has 3 rings (SSSR count). The summed E-state index contributed by atoms with van der Waals surface area (Å²) in [7, 11) is 1.67. The van der Waals surface area contributed by atoms with Gasteiger partial charge in [-0.1, -0.05) is 12.1 Å². The van der Waals surface area contributed by atoms with Crippen molar-refractivity contribution in [2.75, 3.05) is 13.7 Å². The maximum Gasteiger partial charge on any atom is 0.220 e. The summed E-state index contributed by atoms with van der Waals surface area (Å²) >= 11 is 0. The molecule has 4 nitrogen and oxygen atoms in total. The van der Waals surface area contributed by atoms with Crippen LogP contribution in [-0.4, -0.2) is 25.6 Å². The van der Waals surface area contributed by atoms with E-state index in [1.165, 1.54) is 31.2 Å². The summed E-state index contributed by atoms with van der Waals surface area (Å²) in [4.78, 5) is 12.3. The van der Waals surface area contributed by atoms with E-state index in [1.54, 1.807) is 7.11 Å². The first kappa shape index (κ1) is 15.3. The summed E-state index contributed by atoms with van der Waals surface area (Å²) in [5.41, 5.74) is 1.19. The van der Waals surface area contributed by atoms with Crippen molar-refractivity contribution in [1.29, 1.82) is 0 Å². The van der Waals surface area contributed by atoms with Gasteiger partial charge in [0.15, 0.2) is 0 Å². The molecule has 2 unspecified atom stereocenters. The highest BCUT2D eigenvalue weighted by Gasteiger charge is 2.33. The lowest BCUT2D eigenvalue weighted by atomic mass is 10.0. The van der Waals surface area contributed by atoms with Crippen molar-refractivity contribution < 1.29 is 9.53 Å². The molecule has 2 fully saturated rings. The second-order valence-corrected chi connectivity index (χ2v) is 6.49. The molecule has 2 N–H and O–H groups in total. The molecule has 1 aliphatic heterocycles. The number of ether oxygens (including phenoxy) is 1. The molecule has 1 aromatic carbocycles. The maximum absolute atomic E-state index is 12.3. The molecule has 1 amide bonds. The third-order valence-electron chi connectivity index (χ3n) is 4.77. The smallest absolute Gasteiger partial charge is 0.220 e. The van der Waals surface area contributed by atoms with Crippen LogP contribution in [0.5, 0.6) is 5.75 Å². The van der Waals surface area contributed by atoms with Gasteiger partial charge in [-0.25, -0.2) is 0 Å². The lowest BCUT2D eigenvalue weighted by Crippen LogP contribution is -2.31. The molecule has 22 heavy (non-hydrogen) atoms. The number of nitrogens with one attached hydrogen (secondary N) is 2. The van der Waals surface area contributed by atoms with Crippen LogP contribution < -0.4 is 15.4 Å². The van der Waals surface area contributed by atoms with Gasteiger partial charge in [0.2, 0.25) is 5.91 Å². The van der Waals surface area contributed by atoms with Crippen molar-refractivity contribution in [3.8, 4) is 5.75 Å². The van der Waals surface area contributed by atoms with E-state index in [9.17, 15) is 4.79 Å². The Morgan fingerprint density at radius 1 is 1.32 bits per heavy atom. The number of rotatable bonds is 7. The predicted molar refractivity (Wildman–Crippen MR) is 86.9 cm³/mol. The van der Waals surface area contributed by atoms with Gasteiger partial charge in [0, 0.05) is 12.5 Å². The molecule has 0 spiro atoms. The molecule has 0 radical (unpaired) electrons. The van der Waals surface area contributed by atoms with Gasteiger partial charge in [0.25, 0.3) is 0 Å². The molecule has 0 aromatic heterocycles. The Kier molecular flexibility index (Phi) is 4.98. The van der Waals surface area contributed by atoms with Crippen LogP contribution in [0.1, 0.15) is 50.1 Å². The van der Waals surface area contributed by atoms with Crippen molar-refractivity contribution in [3.63, 3.8) is 0 Å². The first-order chi connectivity index (χ1) is 10.8. The van der Waals surface area contributed by atoms with E-state index in [0.717, 1.165) is 18.7 Å². The summed E-state index contributed by atoms with van der Waals surface area (Å²) in [5.74, 6) is 1.64. The minimum absolute atomic E-state index is 0.162. The van der Waals surface area contributed by atoms with Crippen molar-refractivity contribution in [3.05, 3.63) is 29.8 Å². The monoisotopic (exact) mass is 302 g/mol. The summed E-state index contributed by atoms with van der Waals surface area (Å²) < 4.78 is 5.21. The van der Waals surface area contributed by atoms with E-state index < -0.39 is 0 Å². The Labute approximate surface area is 132 Å². The highest BCUT2D eigenvalue weighted by Crippen LogP contribution is 2.41. The Balaban J connectivity index is 1.55. The van der Waals surface area contributed by atoms with E-state index in [-0.39, 0.29) is 11.9 Å². The SMILES string of the molecule is COc1ccc(C(NC(=O)CCC2CCCN2)C2CC2)cc1. The molecule has 120 valence electrons. The third kappa shape index (κ3) is 4.01. The summed E-state index contributed by atoms with van der Waals surface area (Å²) in [6.07, 6.45) is 6.44. The van der Waals surface area contributed by atoms with Gasteiger partial charge in [0.05, 0.1) is 13.2 Å². The zero-order valence-electron chi connectivity index (χ0n) is 13.3. The number of carbonyl (C=O) groups excluding carboxylic acids is 1. The zero-order chi connectivity index (χ0) is 15.4. The van der Waals surface area contributed by atoms with Crippen LogP contribution in [0.2, 0.25) is 0 Å². The number of benzene rings is 1. The molecule has 2 atom stereocenters. The highest BCUT2D eigenvalue weighted by atomic mass is 16.5. The summed E-state index contributed by atoms with van der Waals surface area (Å²) in [6.45, 7) is 1.10. The fraction of sp³-hybridized carbons (Fsp3) is 0.611. The average molecular weight is 302 g/mol. The molecule has 1 aliphatic carbocycles. The largest absolute Gasteiger partial charge is 0.497 e. The fourth-order valence-corrected chi connectivity index (χ4v) is 3.27. The highest BCUT2D eigenvalue weighted by molar-refractivity contribution is 5.76.